The van der Waals surface area contributed by atoms with Crippen LogP contribution in [0.4, 0.5) is 5.69 Å². The van der Waals surface area contributed by atoms with Gasteiger partial charge in [-0.1, -0.05) is 18.2 Å². The van der Waals surface area contributed by atoms with Crippen LogP contribution in [0.15, 0.2) is 47.1 Å². The first-order chi connectivity index (χ1) is 14.1. The van der Waals surface area contributed by atoms with Crippen LogP contribution in [0, 0.1) is 0 Å². The number of aryl methyl sites for hydroxylation is 1. The Bertz CT molecular complexity index is 914. The Kier molecular flexibility index (Phi) is 5.62. The highest BCUT2D eigenvalue weighted by molar-refractivity contribution is 7.99. The van der Waals surface area contributed by atoms with Crippen LogP contribution in [0.1, 0.15) is 30.0 Å². The molecule has 2 aliphatic rings. The van der Waals surface area contributed by atoms with E-state index in [4.69, 9.17) is 9.15 Å². The molecule has 0 spiro atoms. The highest BCUT2D eigenvalue weighted by Gasteiger charge is 2.43. The maximum absolute atomic E-state index is 12.7. The molecule has 2 atom stereocenters. The summed E-state index contributed by atoms with van der Waals surface area (Å²) >= 11 is 1.44. The maximum atomic E-state index is 12.7. The number of carbonyl (C=O) groups excluding carboxylic acids is 3. The van der Waals surface area contributed by atoms with Gasteiger partial charge in [-0.25, -0.2) is 4.79 Å². The largest absolute Gasteiger partial charge is 0.466 e. The SMILES string of the molecule is CC(=O)N1[C@@H](C(=O)OCC(=O)N2CCCc3ccccc32)CS[C@H]1c1ccco1. The molecule has 0 bridgehead atoms. The zero-order valence-corrected chi connectivity index (χ0v) is 16.9. The fraction of sp³-hybridized carbons (Fsp3) is 0.381. The fourth-order valence-electron chi connectivity index (χ4n) is 3.82. The maximum Gasteiger partial charge on any atom is 0.330 e. The molecule has 7 nitrogen and oxygen atoms in total. The number of amides is 2. The smallest absolute Gasteiger partial charge is 0.330 e. The minimum absolute atomic E-state index is 0.241. The molecule has 2 aromatic rings. The van der Waals surface area contributed by atoms with E-state index in [0.717, 1.165) is 24.1 Å². The predicted molar refractivity (Wildman–Crippen MR) is 108 cm³/mol. The summed E-state index contributed by atoms with van der Waals surface area (Å²) in [6, 6.07) is 10.5. The molecule has 8 heteroatoms. The van der Waals surface area contributed by atoms with Crippen LogP contribution >= 0.6 is 11.8 Å². The van der Waals surface area contributed by atoms with Crippen molar-refractivity contribution in [3.05, 3.63) is 54.0 Å². The number of furan rings is 1. The number of hydrogen-bond donors (Lipinski definition) is 0. The molecule has 2 aliphatic heterocycles. The summed E-state index contributed by atoms with van der Waals surface area (Å²) in [6.45, 7) is 1.68. The van der Waals surface area contributed by atoms with E-state index in [-0.39, 0.29) is 23.8 Å². The van der Waals surface area contributed by atoms with Crippen LogP contribution in [0.25, 0.3) is 0 Å². The van der Waals surface area contributed by atoms with Crippen molar-refractivity contribution in [2.75, 3.05) is 23.8 Å². The number of nitrogens with zero attached hydrogens (tertiary/aromatic N) is 2. The molecule has 1 aromatic heterocycles. The average molecular weight is 414 g/mol. The molecule has 2 amide bonds. The Morgan fingerprint density at radius 3 is 2.79 bits per heavy atom. The van der Waals surface area contributed by atoms with Crippen LogP contribution in [-0.2, 0) is 25.5 Å². The van der Waals surface area contributed by atoms with Crippen LogP contribution in [0.3, 0.4) is 0 Å². The van der Waals surface area contributed by atoms with Crippen molar-refractivity contribution in [2.45, 2.75) is 31.2 Å². The number of para-hydroxylation sites is 1. The molecule has 0 saturated carbocycles. The number of anilines is 1. The van der Waals surface area contributed by atoms with Crippen molar-refractivity contribution >= 4 is 35.2 Å². The Morgan fingerprint density at radius 2 is 2.03 bits per heavy atom. The van der Waals surface area contributed by atoms with E-state index < -0.39 is 12.0 Å². The van der Waals surface area contributed by atoms with E-state index in [1.54, 1.807) is 17.0 Å². The minimum Gasteiger partial charge on any atom is -0.466 e. The van der Waals surface area contributed by atoms with Gasteiger partial charge in [-0.15, -0.1) is 11.8 Å². The molecule has 29 heavy (non-hydrogen) atoms. The lowest BCUT2D eigenvalue weighted by Gasteiger charge is -2.30. The van der Waals surface area contributed by atoms with E-state index >= 15 is 0 Å². The summed E-state index contributed by atoms with van der Waals surface area (Å²) < 4.78 is 10.7. The molecule has 152 valence electrons. The number of fused-ring (bicyclic) bond motifs is 1. The van der Waals surface area contributed by atoms with Crippen molar-refractivity contribution in [3.8, 4) is 0 Å². The molecule has 1 aromatic carbocycles. The molecule has 0 radical (unpaired) electrons. The van der Waals surface area contributed by atoms with Gasteiger partial charge in [-0.3, -0.25) is 9.59 Å². The molecular weight excluding hydrogens is 392 g/mol. The lowest BCUT2D eigenvalue weighted by atomic mass is 10.0. The first-order valence-corrected chi connectivity index (χ1v) is 10.6. The van der Waals surface area contributed by atoms with Gasteiger partial charge in [0.2, 0.25) is 5.91 Å². The number of esters is 1. The summed E-state index contributed by atoms with van der Waals surface area (Å²) in [7, 11) is 0. The zero-order chi connectivity index (χ0) is 20.4. The number of benzene rings is 1. The predicted octanol–water partition coefficient (Wildman–Crippen LogP) is 2.76. The topological polar surface area (TPSA) is 80.1 Å². The normalized spacial score (nSPS) is 21.0. The van der Waals surface area contributed by atoms with Crippen LogP contribution in [0.2, 0.25) is 0 Å². The Hall–Kier alpha value is -2.74. The molecule has 1 saturated heterocycles. The quantitative estimate of drug-likeness (QED) is 0.716. The molecule has 0 aliphatic carbocycles. The van der Waals surface area contributed by atoms with Gasteiger partial charge < -0.3 is 19.0 Å². The van der Waals surface area contributed by atoms with Gasteiger partial charge in [-0.05, 0) is 36.6 Å². The minimum atomic E-state index is -0.742. The summed E-state index contributed by atoms with van der Waals surface area (Å²) in [6.07, 6.45) is 3.34. The first-order valence-electron chi connectivity index (χ1n) is 9.55. The Morgan fingerprint density at radius 1 is 1.21 bits per heavy atom. The lowest BCUT2D eigenvalue weighted by Crippen LogP contribution is -2.44. The van der Waals surface area contributed by atoms with E-state index in [0.29, 0.717) is 18.1 Å². The fourth-order valence-corrected chi connectivity index (χ4v) is 5.24. The van der Waals surface area contributed by atoms with Gasteiger partial charge in [0.15, 0.2) is 6.61 Å². The Labute approximate surface area is 173 Å². The van der Waals surface area contributed by atoms with Gasteiger partial charge in [-0.2, -0.15) is 0 Å². The zero-order valence-electron chi connectivity index (χ0n) is 16.1. The third-order valence-electron chi connectivity index (χ3n) is 5.17. The second kappa shape index (κ2) is 8.32. The number of thioether (sulfide) groups is 1. The van der Waals surface area contributed by atoms with Crippen molar-refractivity contribution < 1.29 is 23.5 Å². The summed E-state index contributed by atoms with van der Waals surface area (Å²) in [5, 5.41) is -0.371. The van der Waals surface area contributed by atoms with Crippen LogP contribution in [0.5, 0.6) is 0 Å². The number of carbonyl (C=O) groups is 3. The Balaban J connectivity index is 1.41. The standard InChI is InChI=1S/C21H22N2O5S/c1-14(24)23-17(13-29-20(23)18-9-5-11-27-18)21(26)28-12-19(25)22-10-4-7-15-6-2-3-8-16(15)22/h2-3,5-6,8-9,11,17,20H,4,7,10,12-13H2,1H3/t17-,20+/m1/s1. The van der Waals surface area contributed by atoms with Crippen molar-refractivity contribution in [1.29, 1.82) is 0 Å². The van der Waals surface area contributed by atoms with Gasteiger partial charge in [0.25, 0.3) is 5.91 Å². The van der Waals surface area contributed by atoms with Gasteiger partial charge in [0, 0.05) is 24.9 Å². The molecular formula is C21H22N2O5S. The van der Waals surface area contributed by atoms with Gasteiger partial charge >= 0.3 is 5.97 Å². The lowest BCUT2D eigenvalue weighted by molar-refractivity contribution is -0.155. The number of rotatable bonds is 4. The highest BCUT2D eigenvalue weighted by atomic mass is 32.2. The van der Waals surface area contributed by atoms with Crippen molar-refractivity contribution in [1.82, 2.24) is 4.90 Å². The molecule has 0 N–H and O–H groups in total. The van der Waals surface area contributed by atoms with Crippen LogP contribution < -0.4 is 4.90 Å². The second-order valence-corrected chi connectivity index (χ2v) is 8.14. The average Bonchev–Trinajstić information content (AvgIpc) is 3.40. The van der Waals surface area contributed by atoms with E-state index in [9.17, 15) is 14.4 Å². The molecule has 4 rings (SSSR count). The number of hydrogen-bond acceptors (Lipinski definition) is 6. The third-order valence-corrected chi connectivity index (χ3v) is 6.46. The highest BCUT2D eigenvalue weighted by Crippen LogP contribution is 2.41. The first kappa shape index (κ1) is 19.6. The van der Waals surface area contributed by atoms with E-state index in [1.165, 1.54) is 29.8 Å². The van der Waals surface area contributed by atoms with Gasteiger partial charge in [0.05, 0.1) is 6.26 Å². The van der Waals surface area contributed by atoms with E-state index in [1.807, 2.05) is 24.3 Å². The summed E-state index contributed by atoms with van der Waals surface area (Å²) in [4.78, 5) is 40.7. The molecule has 0 unspecified atom stereocenters. The summed E-state index contributed by atoms with van der Waals surface area (Å²) in [5.74, 6) is -0.0607. The third kappa shape index (κ3) is 3.89. The van der Waals surface area contributed by atoms with Gasteiger partial charge in [0.1, 0.15) is 17.2 Å². The van der Waals surface area contributed by atoms with Crippen molar-refractivity contribution in [2.24, 2.45) is 0 Å². The van der Waals surface area contributed by atoms with Crippen LogP contribution in [-0.4, -0.2) is 47.6 Å². The van der Waals surface area contributed by atoms with Crippen molar-refractivity contribution in [3.63, 3.8) is 0 Å². The molecule has 3 heterocycles. The van der Waals surface area contributed by atoms with E-state index in [2.05, 4.69) is 0 Å². The number of ether oxygens (including phenoxy) is 1. The monoisotopic (exact) mass is 414 g/mol. The summed E-state index contributed by atoms with van der Waals surface area (Å²) in [5.41, 5.74) is 1.99. The molecule has 1 fully saturated rings. The second-order valence-electron chi connectivity index (χ2n) is 7.03.